The maximum absolute atomic E-state index is 11.0. The summed E-state index contributed by atoms with van der Waals surface area (Å²) in [5.74, 6) is 0. The minimum Gasteiger partial charge on any atom is -0.326 e. The Morgan fingerprint density at radius 2 is 1.75 bits per heavy atom. The molecule has 8 heteroatoms. The van der Waals surface area contributed by atoms with Crippen molar-refractivity contribution in [1.82, 2.24) is 0 Å². The van der Waals surface area contributed by atoms with E-state index in [9.17, 15) is 4.57 Å². The van der Waals surface area contributed by atoms with Crippen molar-refractivity contribution in [2.75, 3.05) is 53.5 Å². The van der Waals surface area contributed by atoms with Crippen molar-refractivity contribution < 1.29 is 23.0 Å². The van der Waals surface area contributed by atoms with Gasteiger partial charge < -0.3 is 20.8 Å². The summed E-state index contributed by atoms with van der Waals surface area (Å²) in [5.41, 5.74) is 11.0. The maximum Gasteiger partial charge on any atom is 0.472 e. The summed E-state index contributed by atoms with van der Waals surface area (Å²) >= 11 is 0. The lowest BCUT2D eigenvalue weighted by Gasteiger charge is -2.33. The van der Waals surface area contributed by atoms with E-state index in [0.29, 0.717) is 24.1 Å². The van der Waals surface area contributed by atoms with Crippen LogP contribution in [0.1, 0.15) is 0 Å². The quantitative estimate of drug-likeness (QED) is 0.365. The van der Waals surface area contributed by atoms with Gasteiger partial charge in [0, 0.05) is 20.2 Å². The number of hydrogen-bond acceptors (Lipinski definition) is 5. The highest BCUT2D eigenvalue weighted by molar-refractivity contribution is 7.47. The van der Waals surface area contributed by atoms with Crippen LogP contribution in [0.25, 0.3) is 0 Å². The van der Waals surface area contributed by atoms with Gasteiger partial charge in [-0.3, -0.25) is 9.05 Å². The van der Waals surface area contributed by atoms with E-state index in [1.54, 1.807) is 0 Å². The minimum absolute atomic E-state index is 0.137. The number of hydrogen-bond donors (Lipinski definition) is 3. The summed E-state index contributed by atoms with van der Waals surface area (Å²) in [6.45, 7) is 3.29. The van der Waals surface area contributed by atoms with Crippen molar-refractivity contribution in [2.24, 2.45) is 11.5 Å². The monoisotopic (exact) mass is 256 g/mol. The molecule has 0 radical (unpaired) electrons. The molecule has 0 aliphatic carbocycles. The van der Waals surface area contributed by atoms with Gasteiger partial charge >= 0.3 is 7.82 Å². The van der Waals surface area contributed by atoms with E-state index in [0.717, 1.165) is 20.2 Å². The highest BCUT2D eigenvalue weighted by Crippen LogP contribution is 2.41. The number of nitrogens with zero attached hydrogens (tertiary/aromatic N) is 1. The van der Waals surface area contributed by atoms with E-state index in [1.165, 1.54) is 0 Å². The summed E-state index contributed by atoms with van der Waals surface area (Å²) in [7, 11) is -0.752. The minimum atomic E-state index is -3.87. The number of rotatable bonds is 9. The Balaban J connectivity index is 4.07. The molecule has 0 aliphatic rings. The molecule has 5 N–H and O–H groups in total. The van der Waals surface area contributed by atoms with E-state index in [2.05, 4.69) is 4.52 Å². The highest BCUT2D eigenvalue weighted by Gasteiger charge is 2.23. The molecule has 1 atom stereocenters. The molecule has 0 aromatic heterocycles. The summed E-state index contributed by atoms with van der Waals surface area (Å²) in [6.07, 6.45) is 0. The molecule has 0 fully saturated rings. The Kier molecular flexibility index (Phi) is 7.34. The molecule has 0 amide bonds. The van der Waals surface area contributed by atoms with Crippen molar-refractivity contribution in [3.8, 4) is 0 Å². The fourth-order valence-electron chi connectivity index (χ4n) is 1.39. The van der Waals surface area contributed by atoms with Crippen molar-refractivity contribution in [3.05, 3.63) is 0 Å². The molecule has 98 valence electrons. The van der Waals surface area contributed by atoms with Crippen LogP contribution in [0.5, 0.6) is 0 Å². The van der Waals surface area contributed by atoms with Gasteiger partial charge in [0.15, 0.2) is 0 Å². The number of nitrogens with two attached hydrogens (primary N) is 2. The third kappa shape index (κ3) is 6.55. The van der Waals surface area contributed by atoms with Crippen LogP contribution in [0.3, 0.4) is 0 Å². The van der Waals surface area contributed by atoms with Crippen LogP contribution < -0.4 is 11.5 Å². The predicted octanol–water partition coefficient (Wildman–Crippen LogP) is -0.886. The van der Waals surface area contributed by atoms with Crippen LogP contribution in [0.4, 0.5) is 0 Å². The van der Waals surface area contributed by atoms with E-state index >= 15 is 0 Å². The topological polar surface area (TPSA) is 108 Å². The molecule has 1 unspecified atom stereocenters. The summed E-state index contributed by atoms with van der Waals surface area (Å²) in [5, 5.41) is 0. The molecule has 0 spiro atoms. The Morgan fingerprint density at radius 1 is 1.25 bits per heavy atom. The fraction of sp³-hybridized carbons (Fsp3) is 1.00. The molecule has 0 saturated heterocycles. The van der Waals surface area contributed by atoms with Gasteiger partial charge in [0.2, 0.25) is 0 Å². The molecule has 16 heavy (non-hydrogen) atoms. The lowest BCUT2D eigenvalue weighted by molar-refractivity contribution is -0.906. The Hall–Kier alpha value is -0.0100. The molecule has 0 saturated carbocycles. The SMILES string of the molecule is COP(=O)(O)OCC[N+](C)(CCN)CCN. The van der Waals surface area contributed by atoms with Gasteiger partial charge in [-0.05, 0) is 0 Å². The van der Waals surface area contributed by atoms with Gasteiger partial charge in [-0.15, -0.1) is 0 Å². The van der Waals surface area contributed by atoms with Gasteiger partial charge in [-0.1, -0.05) is 0 Å². The Labute approximate surface area is 96.5 Å². The first kappa shape index (κ1) is 16.0. The van der Waals surface area contributed by atoms with Gasteiger partial charge in [0.25, 0.3) is 0 Å². The van der Waals surface area contributed by atoms with Crippen molar-refractivity contribution in [2.45, 2.75) is 0 Å². The first-order chi connectivity index (χ1) is 7.39. The Morgan fingerprint density at radius 3 is 2.12 bits per heavy atom. The Bertz CT molecular complexity index is 233. The second-order valence-electron chi connectivity index (χ2n) is 3.85. The molecule has 0 aromatic carbocycles. The lowest BCUT2D eigenvalue weighted by Crippen LogP contribution is -2.51. The molecule has 7 nitrogen and oxygen atoms in total. The van der Waals surface area contributed by atoms with E-state index < -0.39 is 7.82 Å². The van der Waals surface area contributed by atoms with Crippen LogP contribution in [0.15, 0.2) is 0 Å². The highest BCUT2D eigenvalue weighted by atomic mass is 31.2. The zero-order chi connectivity index (χ0) is 12.7. The number of phosphoric acid groups is 1. The lowest BCUT2D eigenvalue weighted by atomic mass is 10.3. The summed E-state index contributed by atoms with van der Waals surface area (Å²) in [4.78, 5) is 9.03. The summed E-state index contributed by atoms with van der Waals surface area (Å²) in [6, 6.07) is 0. The smallest absolute Gasteiger partial charge is 0.326 e. The molecular formula is C8H23N3O4P+. The maximum atomic E-state index is 11.0. The van der Waals surface area contributed by atoms with E-state index in [-0.39, 0.29) is 6.61 Å². The van der Waals surface area contributed by atoms with Crippen molar-refractivity contribution >= 4 is 7.82 Å². The molecule has 0 bridgehead atoms. The van der Waals surface area contributed by atoms with Crippen LogP contribution in [-0.2, 0) is 13.6 Å². The van der Waals surface area contributed by atoms with Crippen LogP contribution in [0, 0.1) is 0 Å². The first-order valence-corrected chi connectivity index (χ1v) is 6.65. The number of phosphoric ester groups is 1. The van der Waals surface area contributed by atoms with Gasteiger partial charge in [-0.2, -0.15) is 0 Å². The predicted molar refractivity (Wildman–Crippen MR) is 61.7 cm³/mol. The third-order valence-corrected chi connectivity index (χ3v) is 3.42. The van der Waals surface area contributed by atoms with E-state index in [4.69, 9.17) is 20.9 Å². The van der Waals surface area contributed by atoms with Crippen LogP contribution in [-0.4, -0.2) is 62.9 Å². The third-order valence-electron chi connectivity index (χ3n) is 2.45. The number of likely N-dealkylation sites (N-methyl/N-ethyl adjacent to an activating group) is 1. The van der Waals surface area contributed by atoms with Gasteiger partial charge in [-0.25, -0.2) is 4.57 Å². The summed E-state index contributed by atoms with van der Waals surface area (Å²) < 4.78 is 20.7. The zero-order valence-corrected chi connectivity index (χ0v) is 10.9. The molecule has 0 rings (SSSR count). The largest absolute Gasteiger partial charge is 0.472 e. The second-order valence-corrected chi connectivity index (χ2v) is 5.41. The van der Waals surface area contributed by atoms with E-state index in [1.807, 2.05) is 7.05 Å². The van der Waals surface area contributed by atoms with Crippen LogP contribution >= 0.6 is 7.82 Å². The molecule has 0 heterocycles. The second kappa shape index (κ2) is 7.34. The average Bonchev–Trinajstić information content (AvgIpc) is 2.18. The van der Waals surface area contributed by atoms with Gasteiger partial charge in [0.1, 0.15) is 13.2 Å². The van der Waals surface area contributed by atoms with Crippen molar-refractivity contribution in [1.29, 1.82) is 0 Å². The first-order valence-electron chi connectivity index (χ1n) is 5.16. The molecule has 0 aromatic rings. The normalized spacial score (nSPS) is 16.1. The standard InChI is InChI=1S/C8H22N3O4P/c1-11(5-3-9,6-4-10)7-8-15-16(12,13)14-2/h3-10H2,1-2H3/p+1. The van der Waals surface area contributed by atoms with Crippen molar-refractivity contribution in [3.63, 3.8) is 0 Å². The van der Waals surface area contributed by atoms with Crippen LogP contribution in [0.2, 0.25) is 0 Å². The number of quaternary nitrogens is 1. The van der Waals surface area contributed by atoms with Gasteiger partial charge in [0.05, 0.1) is 20.1 Å². The average molecular weight is 256 g/mol. The zero-order valence-electron chi connectivity index (χ0n) is 9.96. The molecule has 0 aliphatic heterocycles. The molecular weight excluding hydrogens is 233 g/mol. The fourth-order valence-corrected chi connectivity index (χ4v) is 1.81.